The first kappa shape index (κ1) is 26.7. The average molecular weight is 495 g/mol. The molecule has 186 valence electrons. The molecule has 0 radical (unpaired) electrons. The van der Waals surface area contributed by atoms with Crippen molar-refractivity contribution in [3.05, 3.63) is 83.9 Å². The molecule has 1 heterocycles. The van der Waals surface area contributed by atoms with E-state index in [4.69, 9.17) is 9.47 Å². The summed E-state index contributed by atoms with van der Waals surface area (Å²) in [5.41, 5.74) is 2.21. The Balaban J connectivity index is 0.00000342. The van der Waals surface area contributed by atoms with Crippen LogP contribution >= 0.6 is 12.4 Å². The fraction of sp³-hybridized carbons (Fsp3) is 0.345. The maximum absolute atomic E-state index is 12.6. The summed E-state index contributed by atoms with van der Waals surface area (Å²) in [6.07, 6.45) is 4.41. The minimum atomic E-state index is -0.292. The summed E-state index contributed by atoms with van der Waals surface area (Å²) in [4.78, 5) is 17.5. The van der Waals surface area contributed by atoms with Crippen LogP contribution in [0.4, 0.5) is 0 Å². The van der Waals surface area contributed by atoms with Crippen LogP contribution in [0.1, 0.15) is 24.0 Å². The predicted molar refractivity (Wildman–Crippen MR) is 145 cm³/mol. The first-order valence-corrected chi connectivity index (χ1v) is 12.0. The summed E-state index contributed by atoms with van der Waals surface area (Å²) >= 11 is 0. The molecule has 3 aromatic rings. The molecule has 1 saturated heterocycles. The maximum Gasteiger partial charge on any atom is 0.313 e. The maximum atomic E-state index is 12.6. The van der Waals surface area contributed by atoms with Gasteiger partial charge in [-0.1, -0.05) is 66.7 Å². The molecule has 0 bridgehead atoms. The highest BCUT2D eigenvalue weighted by Crippen LogP contribution is 2.25. The first-order chi connectivity index (χ1) is 16.6. The number of carbonyl (C=O) groups is 1. The second kappa shape index (κ2) is 13.3. The van der Waals surface area contributed by atoms with Gasteiger partial charge in [0.25, 0.3) is 0 Å². The van der Waals surface area contributed by atoms with E-state index in [1.54, 1.807) is 7.11 Å². The highest BCUT2D eigenvalue weighted by Gasteiger charge is 2.19. The molecule has 1 fully saturated rings. The van der Waals surface area contributed by atoms with E-state index in [0.717, 1.165) is 61.4 Å². The standard InChI is InChI=1S/C29H34N2O3.ClH/c1-23(25-10-11-27-22-28(33-2)13-12-26(27)21-25)29(32)34-20-19-31-17-15-30(16-18-31)14-6-9-24-7-4-3-5-8-24;/h3-13,21-23H,14-20H2,1-2H3;1H/b9-6+;/t23-;/m0./s1. The third kappa shape index (κ3) is 7.56. The van der Waals surface area contributed by atoms with Crippen LogP contribution in [0, 0.1) is 0 Å². The number of esters is 1. The molecular formula is C29H35ClN2O3. The first-order valence-electron chi connectivity index (χ1n) is 12.0. The van der Waals surface area contributed by atoms with E-state index in [0.29, 0.717) is 6.61 Å². The molecule has 0 N–H and O–H groups in total. The van der Waals surface area contributed by atoms with Crippen LogP contribution < -0.4 is 4.74 Å². The number of methoxy groups -OCH3 is 1. The number of hydrogen-bond acceptors (Lipinski definition) is 5. The Morgan fingerprint density at radius 2 is 1.63 bits per heavy atom. The number of piperazine rings is 1. The molecule has 0 spiro atoms. The van der Waals surface area contributed by atoms with Gasteiger partial charge in [-0.2, -0.15) is 0 Å². The zero-order valence-electron chi connectivity index (χ0n) is 20.6. The van der Waals surface area contributed by atoms with E-state index < -0.39 is 0 Å². The predicted octanol–water partition coefficient (Wildman–Crippen LogP) is 5.25. The smallest absolute Gasteiger partial charge is 0.313 e. The number of rotatable bonds is 9. The Labute approximate surface area is 214 Å². The fourth-order valence-corrected chi connectivity index (χ4v) is 4.27. The third-order valence-electron chi connectivity index (χ3n) is 6.52. The van der Waals surface area contributed by atoms with Gasteiger partial charge in [-0.3, -0.25) is 14.6 Å². The molecule has 4 rings (SSSR count). The van der Waals surface area contributed by atoms with E-state index in [1.165, 1.54) is 5.56 Å². The molecule has 0 aliphatic carbocycles. The van der Waals surface area contributed by atoms with E-state index in [2.05, 4.69) is 52.3 Å². The van der Waals surface area contributed by atoms with Crippen molar-refractivity contribution in [2.45, 2.75) is 12.8 Å². The number of hydrogen-bond donors (Lipinski definition) is 0. The summed E-state index contributed by atoms with van der Waals surface area (Å²) < 4.78 is 10.9. The molecule has 0 aromatic heterocycles. The van der Waals surface area contributed by atoms with Gasteiger partial charge in [0.1, 0.15) is 12.4 Å². The fourth-order valence-electron chi connectivity index (χ4n) is 4.27. The molecule has 1 aliphatic rings. The number of ether oxygens (including phenoxy) is 2. The number of halogens is 1. The number of carbonyl (C=O) groups excluding carboxylic acids is 1. The van der Waals surface area contributed by atoms with Crippen molar-refractivity contribution >= 4 is 35.2 Å². The number of benzene rings is 3. The van der Waals surface area contributed by atoms with Crippen molar-refractivity contribution in [3.63, 3.8) is 0 Å². The Hall–Kier alpha value is -2.86. The topological polar surface area (TPSA) is 42.0 Å². The van der Waals surface area contributed by atoms with Crippen LogP contribution in [0.2, 0.25) is 0 Å². The number of nitrogens with zero attached hydrogens (tertiary/aromatic N) is 2. The van der Waals surface area contributed by atoms with Crippen LogP contribution in [-0.2, 0) is 9.53 Å². The van der Waals surface area contributed by atoms with Crippen LogP contribution in [0.15, 0.2) is 72.8 Å². The minimum Gasteiger partial charge on any atom is -0.497 e. The SMILES string of the molecule is COc1ccc2cc([C@H](C)C(=O)OCCN3CCN(C/C=C/c4ccccc4)CC3)ccc2c1.Cl. The summed E-state index contributed by atoms with van der Waals surface area (Å²) in [6, 6.07) is 22.5. The lowest BCUT2D eigenvalue weighted by atomic mass is 9.98. The minimum absolute atomic E-state index is 0. The van der Waals surface area contributed by atoms with Crippen LogP contribution in [0.3, 0.4) is 0 Å². The van der Waals surface area contributed by atoms with Gasteiger partial charge in [0, 0.05) is 39.3 Å². The van der Waals surface area contributed by atoms with Crippen LogP contribution in [-0.4, -0.2) is 68.8 Å². The van der Waals surface area contributed by atoms with E-state index >= 15 is 0 Å². The molecule has 0 amide bonds. The Bertz CT molecular complexity index is 1110. The zero-order valence-corrected chi connectivity index (χ0v) is 21.4. The van der Waals surface area contributed by atoms with Gasteiger partial charge in [0.05, 0.1) is 13.0 Å². The lowest BCUT2D eigenvalue weighted by Gasteiger charge is -2.34. The summed E-state index contributed by atoms with van der Waals surface area (Å²) in [5, 5.41) is 2.19. The normalized spacial score (nSPS) is 15.6. The molecule has 1 atom stereocenters. The second-order valence-corrected chi connectivity index (χ2v) is 8.82. The van der Waals surface area contributed by atoms with Crippen LogP contribution in [0.25, 0.3) is 16.8 Å². The summed E-state index contributed by atoms with van der Waals surface area (Å²) in [6.45, 7) is 8.16. The molecule has 0 saturated carbocycles. The van der Waals surface area contributed by atoms with Crippen molar-refractivity contribution in [2.75, 3.05) is 53.0 Å². The monoisotopic (exact) mass is 494 g/mol. The third-order valence-corrected chi connectivity index (χ3v) is 6.52. The molecule has 1 aliphatic heterocycles. The van der Waals surface area contributed by atoms with E-state index in [1.807, 2.05) is 43.3 Å². The van der Waals surface area contributed by atoms with Crippen molar-refractivity contribution in [2.24, 2.45) is 0 Å². The van der Waals surface area contributed by atoms with Crippen molar-refractivity contribution in [3.8, 4) is 5.75 Å². The molecule has 6 heteroatoms. The van der Waals surface area contributed by atoms with Gasteiger partial charge in [-0.25, -0.2) is 0 Å². The van der Waals surface area contributed by atoms with Crippen molar-refractivity contribution < 1.29 is 14.3 Å². The molecule has 5 nitrogen and oxygen atoms in total. The zero-order chi connectivity index (χ0) is 23.8. The Morgan fingerprint density at radius 3 is 2.37 bits per heavy atom. The van der Waals surface area contributed by atoms with Gasteiger partial charge >= 0.3 is 5.97 Å². The number of fused-ring (bicyclic) bond motifs is 1. The van der Waals surface area contributed by atoms with Gasteiger partial charge in [0.15, 0.2) is 0 Å². The van der Waals surface area contributed by atoms with Crippen molar-refractivity contribution in [1.29, 1.82) is 0 Å². The quantitative estimate of drug-likeness (QED) is 0.380. The van der Waals surface area contributed by atoms with Gasteiger partial charge in [-0.05, 0) is 41.0 Å². The lowest BCUT2D eigenvalue weighted by molar-refractivity contribution is -0.145. The molecule has 35 heavy (non-hydrogen) atoms. The summed E-state index contributed by atoms with van der Waals surface area (Å²) in [5.74, 6) is 0.370. The van der Waals surface area contributed by atoms with E-state index in [-0.39, 0.29) is 24.3 Å². The Morgan fingerprint density at radius 1 is 0.943 bits per heavy atom. The molecule has 3 aromatic carbocycles. The van der Waals surface area contributed by atoms with Crippen LogP contribution in [0.5, 0.6) is 5.75 Å². The molecular weight excluding hydrogens is 460 g/mol. The molecule has 0 unspecified atom stereocenters. The largest absolute Gasteiger partial charge is 0.497 e. The highest BCUT2D eigenvalue weighted by molar-refractivity contribution is 5.86. The van der Waals surface area contributed by atoms with Gasteiger partial charge < -0.3 is 9.47 Å². The van der Waals surface area contributed by atoms with Gasteiger partial charge in [-0.15, -0.1) is 12.4 Å². The van der Waals surface area contributed by atoms with Crippen molar-refractivity contribution in [1.82, 2.24) is 9.80 Å². The lowest BCUT2D eigenvalue weighted by Crippen LogP contribution is -2.47. The summed E-state index contributed by atoms with van der Waals surface area (Å²) in [7, 11) is 1.66. The van der Waals surface area contributed by atoms with E-state index in [9.17, 15) is 4.79 Å². The average Bonchev–Trinajstić information content (AvgIpc) is 2.89. The highest BCUT2D eigenvalue weighted by atomic mass is 35.5. The van der Waals surface area contributed by atoms with Gasteiger partial charge in [0.2, 0.25) is 0 Å². The second-order valence-electron chi connectivity index (χ2n) is 8.82. The Kier molecular flexibility index (Phi) is 10.2.